The predicted octanol–water partition coefficient (Wildman–Crippen LogP) is 2.80. The first-order valence-corrected chi connectivity index (χ1v) is 10.3. The van der Waals surface area contributed by atoms with E-state index in [1.54, 1.807) is 12.1 Å². The highest BCUT2D eigenvalue weighted by atomic mass is 32.2. The Labute approximate surface area is 151 Å². The molecule has 6 nitrogen and oxygen atoms in total. The Morgan fingerprint density at radius 2 is 1.84 bits per heavy atom. The highest BCUT2D eigenvalue weighted by molar-refractivity contribution is 7.89. The molecule has 0 saturated carbocycles. The summed E-state index contributed by atoms with van der Waals surface area (Å²) in [7, 11) is -3.63. The highest BCUT2D eigenvalue weighted by Crippen LogP contribution is 2.26. The lowest BCUT2D eigenvalue weighted by atomic mass is 10.3. The average molecular weight is 380 g/mol. The van der Waals surface area contributed by atoms with E-state index in [4.69, 9.17) is 4.74 Å². The third kappa shape index (κ3) is 4.09. The summed E-state index contributed by atoms with van der Waals surface area (Å²) in [5, 5.41) is 4.27. The van der Waals surface area contributed by atoms with Gasteiger partial charge in [-0.2, -0.15) is 4.31 Å². The van der Waals surface area contributed by atoms with Gasteiger partial charge in [-0.3, -0.25) is 4.79 Å². The number of carbonyl (C=O) groups is 1. The number of morpholine rings is 1. The van der Waals surface area contributed by atoms with E-state index in [1.165, 1.54) is 15.8 Å². The number of amides is 1. The average Bonchev–Trinajstić information content (AvgIpc) is 3.06. The normalized spacial score (nSPS) is 21.8. The first-order chi connectivity index (χ1) is 11.9. The van der Waals surface area contributed by atoms with E-state index >= 15 is 0 Å². The number of ether oxygens (including phenoxy) is 1. The van der Waals surface area contributed by atoms with E-state index in [1.807, 2.05) is 32.0 Å². The molecule has 0 spiro atoms. The molecule has 1 fully saturated rings. The maximum absolute atomic E-state index is 12.8. The maximum atomic E-state index is 12.8. The lowest BCUT2D eigenvalue weighted by molar-refractivity contribution is -0.0440. The molecule has 1 aliphatic rings. The molecule has 2 atom stereocenters. The van der Waals surface area contributed by atoms with Crippen LogP contribution in [-0.4, -0.2) is 43.9 Å². The van der Waals surface area contributed by atoms with Crippen LogP contribution in [0, 0.1) is 0 Å². The van der Waals surface area contributed by atoms with Crippen molar-refractivity contribution < 1.29 is 17.9 Å². The smallest absolute Gasteiger partial charge is 0.265 e. The fourth-order valence-corrected chi connectivity index (χ4v) is 5.51. The third-order valence-electron chi connectivity index (χ3n) is 3.85. The van der Waals surface area contributed by atoms with Crippen LogP contribution in [-0.2, 0) is 14.8 Å². The van der Waals surface area contributed by atoms with E-state index in [0.29, 0.717) is 23.7 Å². The quantitative estimate of drug-likeness (QED) is 0.885. The van der Waals surface area contributed by atoms with Gasteiger partial charge in [-0.25, -0.2) is 8.42 Å². The molecule has 2 heterocycles. The predicted molar refractivity (Wildman–Crippen MR) is 97.5 cm³/mol. The number of nitrogens with zero attached hydrogens (tertiary/aromatic N) is 1. The second-order valence-corrected chi connectivity index (χ2v) is 8.90. The number of para-hydroxylation sites is 1. The van der Waals surface area contributed by atoms with Crippen LogP contribution in [0.4, 0.5) is 5.69 Å². The van der Waals surface area contributed by atoms with E-state index in [-0.39, 0.29) is 23.0 Å². The molecule has 0 bridgehead atoms. The molecular weight excluding hydrogens is 360 g/mol. The molecule has 1 N–H and O–H groups in total. The van der Waals surface area contributed by atoms with Gasteiger partial charge in [0, 0.05) is 24.2 Å². The molecule has 8 heteroatoms. The molecule has 1 amide bonds. The molecule has 0 unspecified atom stereocenters. The molecule has 2 aromatic rings. The van der Waals surface area contributed by atoms with Crippen molar-refractivity contribution in [2.45, 2.75) is 31.0 Å². The highest BCUT2D eigenvalue weighted by Gasteiger charge is 2.33. The molecule has 0 aliphatic carbocycles. The molecule has 1 aromatic carbocycles. The minimum absolute atomic E-state index is 0.150. The summed E-state index contributed by atoms with van der Waals surface area (Å²) in [6.45, 7) is 4.33. The van der Waals surface area contributed by atoms with Crippen molar-refractivity contribution in [3.8, 4) is 0 Å². The van der Waals surface area contributed by atoms with Gasteiger partial charge in [-0.05, 0) is 32.0 Å². The Morgan fingerprint density at radius 3 is 2.48 bits per heavy atom. The van der Waals surface area contributed by atoms with Crippen LogP contribution in [0.25, 0.3) is 0 Å². The Kier molecular flexibility index (Phi) is 5.24. The summed E-state index contributed by atoms with van der Waals surface area (Å²) in [6.07, 6.45) is -0.309. The lowest BCUT2D eigenvalue weighted by Gasteiger charge is -2.34. The van der Waals surface area contributed by atoms with Gasteiger partial charge in [0.15, 0.2) is 0 Å². The zero-order chi connectivity index (χ0) is 18.0. The van der Waals surface area contributed by atoms with Crippen molar-refractivity contribution in [1.82, 2.24) is 4.31 Å². The van der Waals surface area contributed by atoms with Crippen LogP contribution in [0.1, 0.15) is 23.5 Å². The number of sulfonamides is 1. The van der Waals surface area contributed by atoms with Gasteiger partial charge in [0.05, 0.1) is 22.0 Å². The van der Waals surface area contributed by atoms with E-state index in [2.05, 4.69) is 5.32 Å². The number of hydrogen-bond donors (Lipinski definition) is 1. The van der Waals surface area contributed by atoms with Gasteiger partial charge < -0.3 is 10.1 Å². The monoisotopic (exact) mass is 380 g/mol. The summed E-state index contributed by atoms with van der Waals surface area (Å²) in [5.41, 5.74) is 0.668. The molecule has 25 heavy (non-hydrogen) atoms. The fourth-order valence-electron chi connectivity index (χ4n) is 2.76. The third-order valence-corrected chi connectivity index (χ3v) is 6.74. The Balaban J connectivity index is 1.77. The second-order valence-electron chi connectivity index (χ2n) is 6.05. The minimum Gasteiger partial charge on any atom is -0.373 e. The topological polar surface area (TPSA) is 75.7 Å². The number of nitrogens with one attached hydrogen (secondary N) is 1. The summed E-state index contributed by atoms with van der Waals surface area (Å²) in [5.74, 6) is -0.318. The van der Waals surface area contributed by atoms with Crippen LogP contribution in [0.15, 0.2) is 46.7 Å². The number of rotatable bonds is 4. The van der Waals surface area contributed by atoms with Crippen molar-refractivity contribution in [2.75, 3.05) is 18.4 Å². The van der Waals surface area contributed by atoms with Crippen LogP contribution in [0.2, 0.25) is 0 Å². The SMILES string of the molecule is C[C@@H]1CN(S(=O)(=O)c2csc(C(=O)Nc3ccccc3)c2)C[C@H](C)O1. The Hall–Kier alpha value is -1.74. The molecule has 1 aliphatic heterocycles. The molecule has 0 radical (unpaired) electrons. The van der Waals surface area contributed by atoms with Crippen molar-refractivity contribution in [1.29, 1.82) is 0 Å². The summed E-state index contributed by atoms with van der Waals surface area (Å²) in [6, 6.07) is 10.5. The number of benzene rings is 1. The summed E-state index contributed by atoms with van der Waals surface area (Å²) >= 11 is 1.12. The molecular formula is C17H20N2O4S2. The Bertz CT molecular complexity index is 839. The first kappa shape index (κ1) is 18.1. The van der Waals surface area contributed by atoms with E-state index < -0.39 is 10.0 Å². The van der Waals surface area contributed by atoms with Crippen LogP contribution in [0.3, 0.4) is 0 Å². The largest absolute Gasteiger partial charge is 0.373 e. The van der Waals surface area contributed by atoms with Crippen molar-refractivity contribution in [3.63, 3.8) is 0 Å². The second kappa shape index (κ2) is 7.25. The zero-order valence-corrected chi connectivity index (χ0v) is 15.6. The molecule has 3 rings (SSSR count). The first-order valence-electron chi connectivity index (χ1n) is 7.97. The van der Waals surface area contributed by atoms with Crippen LogP contribution in [0.5, 0.6) is 0 Å². The molecule has 1 aromatic heterocycles. The van der Waals surface area contributed by atoms with E-state index in [9.17, 15) is 13.2 Å². The van der Waals surface area contributed by atoms with Crippen molar-refractivity contribution in [2.24, 2.45) is 0 Å². The van der Waals surface area contributed by atoms with Crippen LogP contribution >= 0.6 is 11.3 Å². The number of thiophene rings is 1. The summed E-state index contributed by atoms with van der Waals surface area (Å²) in [4.78, 5) is 12.8. The minimum atomic E-state index is -3.63. The van der Waals surface area contributed by atoms with Crippen LogP contribution < -0.4 is 5.32 Å². The molecule has 1 saturated heterocycles. The number of carbonyl (C=O) groups excluding carboxylic acids is 1. The maximum Gasteiger partial charge on any atom is 0.265 e. The van der Waals surface area contributed by atoms with Gasteiger partial charge in [0.1, 0.15) is 0 Å². The molecule has 134 valence electrons. The van der Waals surface area contributed by atoms with Gasteiger partial charge in [0.2, 0.25) is 10.0 Å². The van der Waals surface area contributed by atoms with E-state index in [0.717, 1.165) is 11.3 Å². The zero-order valence-electron chi connectivity index (χ0n) is 14.0. The van der Waals surface area contributed by atoms with Gasteiger partial charge >= 0.3 is 0 Å². The standard InChI is InChI=1S/C17H20N2O4S2/c1-12-9-19(10-13(2)23-12)25(21,22)15-8-16(24-11-15)17(20)18-14-6-4-3-5-7-14/h3-8,11-13H,9-10H2,1-2H3,(H,18,20)/t12-,13+. The fraction of sp³-hybridized carbons (Fsp3) is 0.353. The van der Waals surface area contributed by atoms with Crippen molar-refractivity contribution in [3.05, 3.63) is 46.7 Å². The van der Waals surface area contributed by atoms with Gasteiger partial charge in [0.25, 0.3) is 5.91 Å². The number of hydrogen-bond acceptors (Lipinski definition) is 5. The van der Waals surface area contributed by atoms with Crippen molar-refractivity contribution >= 4 is 33.0 Å². The van der Waals surface area contributed by atoms with Gasteiger partial charge in [-0.15, -0.1) is 11.3 Å². The van der Waals surface area contributed by atoms with Gasteiger partial charge in [-0.1, -0.05) is 18.2 Å². The lowest BCUT2D eigenvalue weighted by Crippen LogP contribution is -2.47. The number of anilines is 1. The summed E-state index contributed by atoms with van der Waals surface area (Å²) < 4.78 is 32.6. The Morgan fingerprint density at radius 1 is 1.20 bits per heavy atom.